The average Bonchev–Trinajstić information content (AvgIpc) is 3.41. The predicted octanol–water partition coefficient (Wildman–Crippen LogP) is 12.6. The third-order valence-corrected chi connectivity index (χ3v) is 7.98. The van der Waals surface area contributed by atoms with E-state index >= 15 is 0 Å². The highest BCUT2D eigenvalue weighted by Crippen LogP contribution is 2.24. The first-order valence-corrected chi connectivity index (χ1v) is 16.4. The van der Waals surface area contributed by atoms with Crippen LogP contribution in [0.25, 0.3) is 0 Å². The van der Waals surface area contributed by atoms with Gasteiger partial charge in [-0.2, -0.15) is 0 Å². The summed E-state index contributed by atoms with van der Waals surface area (Å²) < 4.78 is 2.39. The van der Waals surface area contributed by atoms with Crippen LogP contribution in [0.5, 0.6) is 0 Å². The van der Waals surface area contributed by atoms with Gasteiger partial charge in [0.25, 0.3) is 0 Å². The fourth-order valence-electron chi connectivity index (χ4n) is 5.55. The molecule has 1 aromatic heterocycles. The maximum Gasteiger partial charge on any atom is 0.0948 e. The van der Waals surface area contributed by atoms with Crippen molar-refractivity contribution in [2.45, 2.75) is 193 Å². The van der Waals surface area contributed by atoms with E-state index in [1.165, 1.54) is 173 Å². The number of halogens is 1. The molecule has 0 aliphatic heterocycles. The maximum atomic E-state index is 4.33. The number of imidazole rings is 1. The molecule has 0 aromatic carbocycles. The Kier molecular flexibility index (Phi) is 29.0. The first kappa shape index (κ1) is 35.7. The molecule has 1 rings (SSSR count). The average molecular weight is 570 g/mol. The number of nitrogens with zero attached hydrogens (tertiary/aromatic N) is 2. The summed E-state index contributed by atoms with van der Waals surface area (Å²) in [7, 11) is 0. The first-order chi connectivity index (χ1) is 17.4. The quantitative estimate of drug-likeness (QED) is 0.0918. The lowest BCUT2D eigenvalue weighted by Crippen LogP contribution is -2.07. The van der Waals surface area contributed by atoms with Crippen molar-refractivity contribution in [1.29, 1.82) is 0 Å². The molecule has 0 fully saturated rings. The van der Waals surface area contributed by atoms with Crippen LogP contribution in [0.2, 0.25) is 0 Å². The van der Waals surface area contributed by atoms with Crippen molar-refractivity contribution in [1.82, 2.24) is 9.55 Å². The fraction of sp³-hybridized carbons (Fsp3) is 0.909. The van der Waals surface area contributed by atoms with E-state index in [9.17, 15) is 0 Å². The number of hydrogen-bond acceptors (Lipinski definition) is 1. The van der Waals surface area contributed by atoms with Crippen LogP contribution in [0, 0.1) is 0 Å². The molecule has 0 spiro atoms. The van der Waals surface area contributed by atoms with Crippen LogP contribution < -0.4 is 0 Å². The van der Waals surface area contributed by atoms with E-state index in [1.807, 2.05) is 12.5 Å². The van der Waals surface area contributed by atoms with Crippen molar-refractivity contribution >= 4 is 17.0 Å². The summed E-state index contributed by atoms with van der Waals surface area (Å²) in [5, 5.41) is 0. The van der Waals surface area contributed by atoms with Gasteiger partial charge in [-0.15, -0.1) is 17.0 Å². The highest BCUT2D eigenvalue weighted by Gasteiger charge is 2.10. The van der Waals surface area contributed by atoms with Gasteiger partial charge in [-0.1, -0.05) is 174 Å². The topological polar surface area (TPSA) is 17.8 Å². The summed E-state index contributed by atoms with van der Waals surface area (Å²) in [4.78, 5) is 4.33. The van der Waals surface area contributed by atoms with Crippen molar-refractivity contribution in [2.24, 2.45) is 0 Å². The van der Waals surface area contributed by atoms with Crippen molar-refractivity contribution in [3.05, 3.63) is 18.7 Å². The molecule has 1 aromatic rings. The second-order valence-corrected chi connectivity index (χ2v) is 11.4. The molecule has 0 aliphatic rings. The number of rotatable bonds is 28. The molecule has 1 atom stereocenters. The van der Waals surface area contributed by atoms with Crippen LogP contribution >= 0.6 is 17.0 Å². The molecule has 0 saturated carbocycles. The Morgan fingerprint density at radius 3 is 1.06 bits per heavy atom. The molecule has 0 amide bonds. The Morgan fingerprint density at radius 2 is 0.778 bits per heavy atom. The van der Waals surface area contributed by atoms with E-state index in [2.05, 4.69) is 29.6 Å². The Labute approximate surface area is 238 Å². The molecular weight excluding hydrogens is 504 g/mol. The van der Waals surface area contributed by atoms with Crippen molar-refractivity contribution in [2.75, 3.05) is 0 Å². The number of hydrogen-bond donors (Lipinski definition) is 0. The van der Waals surface area contributed by atoms with E-state index in [0.29, 0.717) is 6.04 Å². The molecule has 0 saturated heterocycles. The summed E-state index contributed by atoms with van der Waals surface area (Å²) in [5.41, 5.74) is 0. The van der Waals surface area contributed by atoms with Gasteiger partial charge in [-0.05, 0) is 12.8 Å². The van der Waals surface area contributed by atoms with Gasteiger partial charge in [0.05, 0.1) is 6.33 Å². The predicted molar refractivity (Wildman–Crippen MR) is 168 cm³/mol. The minimum absolute atomic E-state index is 0. The first-order valence-electron chi connectivity index (χ1n) is 16.4. The summed E-state index contributed by atoms with van der Waals surface area (Å²) >= 11 is 0. The molecule has 214 valence electrons. The van der Waals surface area contributed by atoms with Gasteiger partial charge in [0.15, 0.2) is 0 Å². The van der Waals surface area contributed by atoms with E-state index in [1.54, 1.807) is 0 Å². The Morgan fingerprint density at radius 1 is 0.472 bits per heavy atom. The lowest BCUT2D eigenvalue weighted by atomic mass is 9.99. The van der Waals surface area contributed by atoms with Gasteiger partial charge in [-0.3, -0.25) is 0 Å². The molecule has 2 nitrogen and oxygen atoms in total. The molecule has 0 bridgehead atoms. The molecule has 0 N–H and O–H groups in total. The largest absolute Gasteiger partial charge is 0.334 e. The molecule has 1 heterocycles. The van der Waals surface area contributed by atoms with Gasteiger partial charge in [0.2, 0.25) is 0 Å². The fourth-order valence-corrected chi connectivity index (χ4v) is 5.55. The molecule has 0 aliphatic carbocycles. The van der Waals surface area contributed by atoms with E-state index in [4.69, 9.17) is 0 Å². The van der Waals surface area contributed by atoms with Crippen LogP contribution in [0.4, 0.5) is 0 Å². The van der Waals surface area contributed by atoms with Crippen molar-refractivity contribution in [3.63, 3.8) is 0 Å². The molecule has 1 unspecified atom stereocenters. The van der Waals surface area contributed by atoms with Crippen molar-refractivity contribution < 1.29 is 0 Å². The smallest absolute Gasteiger partial charge is 0.0948 e. The summed E-state index contributed by atoms with van der Waals surface area (Å²) in [6.07, 6.45) is 44.8. The summed E-state index contributed by atoms with van der Waals surface area (Å²) in [6, 6.07) is 0.675. The Bertz CT molecular complexity index is 502. The SMILES string of the molecule is Br.CCCCCCCCCCCCCCCCCC(CCCCCCCCCCCC)n1ccnc1. The monoisotopic (exact) mass is 568 g/mol. The maximum absolute atomic E-state index is 4.33. The standard InChI is InChI=1S/C33H64N2.BrH/c1-3-5-7-9-11-13-15-16-17-18-19-21-23-25-27-29-33(35-31-30-34-32-35)28-26-24-22-20-14-12-10-8-6-4-2;/h30-33H,3-29H2,1-2H3;1H. The molecular formula is C33H65BrN2. The second kappa shape index (κ2) is 29.2. The molecule has 36 heavy (non-hydrogen) atoms. The minimum atomic E-state index is 0. The number of unbranched alkanes of at least 4 members (excludes halogenated alkanes) is 23. The normalized spacial score (nSPS) is 12.1. The Balaban J connectivity index is 0.0000122. The van der Waals surface area contributed by atoms with Gasteiger partial charge in [0, 0.05) is 18.4 Å². The zero-order valence-corrected chi connectivity index (χ0v) is 26.4. The van der Waals surface area contributed by atoms with Gasteiger partial charge >= 0.3 is 0 Å². The summed E-state index contributed by atoms with van der Waals surface area (Å²) in [6.45, 7) is 4.61. The minimum Gasteiger partial charge on any atom is -0.334 e. The Hall–Kier alpha value is -0.310. The van der Waals surface area contributed by atoms with Crippen LogP contribution in [0.3, 0.4) is 0 Å². The van der Waals surface area contributed by atoms with Crippen LogP contribution in [0.1, 0.15) is 193 Å². The highest BCUT2D eigenvalue weighted by molar-refractivity contribution is 8.93. The lowest BCUT2D eigenvalue weighted by Gasteiger charge is -2.18. The number of aromatic nitrogens is 2. The lowest BCUT2D eigenvalue weighted by molar-refractivity contribution is 0.393. The van der Waals surface area contributed by atoms with E-state index in [-0.39, 0.29) is 17.0 Å². The molecule has 3 heteroatoms. The van der Waals surface area contributed by atoms with Crippen molar-refractivity contribution in [3.8, 4) is 0 Å². The third-order valence-electron chi connectivity index (χ3n) is 7.98. The van der Waals surface area contributed by atoms with Crippen LogP contribution in [0.15, 0.2) is 18.7 Å². The van der Waals surface area contributed by atoms with Gasteiger partial charge in [-0.25, -0.2) is 4.98 Å². The van der Waals surface area contributed by atoms with Gasteiger partial charge in [0.1, 0.15) is 0 Å². The zero-order chi connectivity index (χ0) is 25.1. The molecule has 0 radical (unpaired) electrons. The highest BCUT2D eigenvalue weighted by atomic mass is 79.9. The zero-order valence-electron chi connectivity index (χ0n) is 24.7. The summed E-state index contributed by atoms with van der Waals surface area (Å²) in [5.74, 6) is 0. The van der Waals surface area contributed by atoms with E-state index < -0.39 is 0 Å². The van der Waals surface area contributed by atoms with Crippen LogP contribution in [-0.2, 0) is 0 Å². The van der Waals surface area contributed by atoms with Gasteiger partial charge < -0.3 is 4.57 Å². The van der Waals surface area contributed by atoms with E-state index in [0.717, 1.165) is 0 Å². The van der Waals surface area contributed by atoms with Crippen LogP contribution in [-0.4, -0.2) is 9.55 Å². The third kappa shape index (κ3) is 22.9. The second-order valence-electron chi connectivity index (χ2n) is 11.4.